The number of benzene rings is 2. The van der Waals surface area contributed by atoms with Gasteiger partial charge in [0.25, 0.3) is 0 Å². The molecule has 0 radical (unpaired) electrons. The molecule has 42 heavy (non-hydrogen) atoms. The van der Waals surface area contributed by atoms with Crippen molar-refractivity contribution in [3.63, 3.8) is 0 Å². The zero-order valence-corrected chi connectivity index (χ0v) is 24.4. The van der Waals surface area contributed by atoms with Crippen LogP contribution in [0, 0.1) is 24.1 Å². The molecule has 1 saturated heterocycles. The van der Waals surface area contributed by atoms with Crippen LogP contribution in [0.3, 0.4) is 0 Å². The highest BCUT2D eigenvalue weighted by Gasteiger charge is 2.63. The molecule has 7 rings (SSSR count). The Morgan fingerprint density at radius 1 is 1.10 bits per heavy atom. The number of hydrogen-bond acceptors (Lipinski definition) is 8. The summed E-state index contributed by atoms with van der Waals surface area (Å²) >= 11 is 0. The SMILES string of the molecule is Cc1ccc2c(CS(=O)(=O)C[C@H]3CC34CC4)c(F)ccc2c1Oc1ncccc1-c1ccnc(N[C@H]2CCCNC2)n1. The van der Waals surface area contributed by atoms with Crippen LogP contribution in [0.2, 0.25) is 0 Å². The van der Waals surface area contributed by atoms with E-state index < -0.39 is 15.7 Å². The average molecular weight is 588 g/mol. The molecule has 3 heterocycles. The highest BCUT2D eigenvalue weighted by atomic mass is 32.2. The predicted octanol–water partition coefficient (Wildman–Crippen LogP) is 5.81. The molecule has 0 bridgehead atoms. The predicted molar refractivity (Wildman–Crippen MR) is 161 cm³/mol. The van der Waals surface area contributed by atoms with Crippen LogP contribution < -0.4 is 15.4 Å². The first kappa shape index (κ1) is 27.2. The van der Waals surface area contributed by atoms with Crippen molar-refractivity contribution < 1.29 is 17.5 Å². The number of pyridine rings is 1. The van der Waals surface area contributed by atoms with Crippen molar-refractivity contribution in [2.24, 2.45) is 11.3 Å². The number of aryl methyl sites for hydroxylation is 1. The maximum atomic E-state index is 15.2. The average Bonchev–Trinajstić information content (AvgIpc) is 3.90. The van der Waals surface area contributed by atoms with Gasteiger partial charge in [-0.15, -0.1) is 0 Å². The Balaban J connectivity index is 1.20. The zero-order valence-electron chi connectivity index (χ0n) is 23.6. The molecule has 1 aliphatic heterocycles. The topological polar surface area (TPSA) is 106 Å². The van der Waals surface area contributed by atoms with Gasteiger partial charge in [0.2, 0.25) is 11.8 Å². The molecule has 10 heteroatoms. The van der Waals surface area contributed by atoms with Gasteiger partial charge in [-0.3, -0.25) is 0 Å². The van der Waals surface area contributed by atoms with E-state index in [1.54, 1.807) is 24.5 Å². The molecule has 2 saturated carbocycles. The lowest BCUT2D eigenvalue weighted by Gasteiger charge is -2.23. The number of nitrogens with zero attached hydrogens (tertiary/aromatic N) is 3. The summed E-state index contributed by atoms with van der Waals surface area (Å²) in [6, 6.07) is 12.4. The molecule has 2 atom stereocenters. The van der Waals surface area contributed by atoms with Crippen LogP contribution in [0.25, 0.3) is 22.0 Å². The minimum atomic E-state index is -3.47. The van der Waals surface area contributed by atoms with Gasteiger partial charge in [-0.1, -0.05) is 12.1 Å². The first-order valence-electron chi connectivity index (χ1n) is 14.6. The first-order chi connectivity index (χ1) is 20.3. The third-order valence-electron chi connectivity index (χ3n) is 9.00. The second-order valence-corrected chi connectivity index (χ2v) is 14.2. The Morgan fingerprint density at radius 2 is 1.95 bits per heavy atom. The second-order valence-electron chi connectivity index (χ2n) is 12.1. The summed E-state index contributed by atoms with van der Waals surface area (Å²) in [5, 5.41) is 7.97. The Kier molecular flexibility index (Phi) is 6.85. The Hall–Kier alpha value is -3.63. The fourth-order valence-corrected chi connectivity index (χ4v) is 8.27. The van der Waals surface area contributed by atoms with Gasteiger partial charge in [-0.25, -0.2) is 27.8 Å². The summed E-state index contributed by atoms with van der Waals surface area (Å²) in [6.45, 7) is 3.79. The molecule has 2 aromatic carbocycles. The molecular weight excluding hydrogens is 553 g/mol. The monoisotopic (exact) mass is 587 g/mol. The maximum absolute atomic E-state index is 15.2. The zero-order chi connectivity index (χ0) is 28.9. The summed E-state index contributed by atoms with van der Waals surface area (Å²) in [6.07, 6.45) is 8.73. The minimum Gasteiger partial charge on any atom is -0.437 e. The second kappa shape index (κ2) is 10.6. The Bertz CT molecular complexity index is 1770. The van der Waals surface area contributed by atoms with E-state index in [-0.39, 0.29) is 34.4 Å². The molecule has 2 N–H and O–H groups in total. The van der Waals surface area contributed by atoms with Gasteiger partial charge in [0.15, 0.2) is 9.84 Å². The number of nitrogens with one attached hydrogen (secondary N) is 2. The summed E-state index contributed by atoms with van der Waals surface area (Å²) < 4.78 is 47.9. The van der Waals surface area contributed by atoms with Crippen molar-refractivity contribution in [2.45, 2.75) is 50.8 Å². The molecule has 2 aromatic heterocycles. The van der Waals surface area contributed by atoms with Crippen LogP contribution in [0.1, 0.15) is 43.2 Å². The number of sulfone groups is 1. The molecule has 218 valence electrons. The van der Waals surface area contributed by atoms with Gasteiger partial charge in [-0.2, -0.15) is 0 Å². The van der Waals surface area contributed by atoms with E-state index in [1.807, 2.05) is 31.2 Å². The van der Waals surface area contributed by atoms with Crippen molar-refractivity contribution in [3.05, 3.63) is 71.8 Å². The Morgan fingerprint density at radius 3 is 2.74 bits per heavy atom. The van der Waals surface area contributed by atoms with Crippen LogP contribution in [-0.2, 0) is 15.6 Å². The van der Waals surface area contributed by atoms with Gasteiger partial charge in [0.1, 0.15) is 11.6 Å². The van der Waals surface area contributed by atoms with E-state index in [9.17, 15) is 8.42 Å². The van der Waals surface area contributed by atoms with E-state index in [0.717, 1.165) is 50.8 Å². The fraction of sp³-hybridized carbons (Fsp3) is 0.406. The first-order valence-corrected chi connectivity index (χ1v) is 16.5. The minimum absolute atomic E-state index is 0.127. The summed E-state index contributed by atoms with van der Waals surface area (Å²) in [4.78, 5) is 13.7. The largest absolute Gasteiger partial charge is 0.437 e. The Labute approximate surface area is 245 Å². The molecule has 1 spiro atoms. The number of fused-ring (bicyclic) bond motifs is 1. The van der Waals surface area contributed by atoms with Crippen LogP contribution >= 0.6 is 0 Å². The van der Waals surface area contributed by atoms with Gasteiger partial charge < -0.3 is 15.4 Å². The number of rotatable bonds is 9. The van der Waals surface area contributed by atoms with Crippen molar-refractivity contribution in [2.75, 3.05) is 24.2 Å². The van der Waals surface area contributed by atoms with E-state index in [2.05, 4.69) is 20.6 Å². The van der Waals surface area contributed by atoms with Crippen LogP contribution in [0.15, 0.2) is 54.9 Å². The molecule has 0 amide bonds. The van der Waals surface area contributed by atoms with E-state index in [0.29, 0.717) is 39.6 Å². The van der Waals surface area contributed by atoms with Crippen molar-refractivity contribution >= 4 is 26.6 Å². The molecular formula is C32H34FN5O3S. The normalized spacial score (nSPS) is 20.9. The number of aromatic nitrogens is 3. The molecule has 3 fully saturated rings. The van der Waals surface area contributed by atoms with Crippen molar-refractivity contribution in [3.8, 4) is 22.9 Å². The van der Waals surface area contributed by atoms with E-state index in [1.165, 1.54) is 6.07 Å². The number of ether oxygens (including phenoxy) is 1. The van der Waals surface area contributed by atoms with Gasteiger partial charge in [0, 0.05) is 35.9 Å². The molecule has 0 unspecified atom stereocenters. The third-order valence-corrected chi connectivity index (χ3v) is 10.6. The fourth-order valence-electron chi connectivity index (χ4n) is 6.33. The van der Waals surface area contributed by atoms with Crippen LogP contribution in [0.4, 0.5) is 10.3 Å². The summed E-state index contributed by atoms with van der Waals surface area (Å²) in [7, 11) is -3.47. The lowest BCUT2D eigenvalue weighted by molar-refractivity contribution is 0.466. The maximum Gasteiger partial charge on any atom is 0.228 e. The highest BCUT2D eigenvalue weighted by Crippen LogP contribution is 2.70. The lowest BCUT2D eigenvalue weighted by Crippen LogP contribution is -2.38. The van der Waals surface area contributed by atoms with E-state index in [4.69, 9.17) is 9.72 Å². The summed E-state index contributed by atoms with van der Waals surface area (Å²) in [5.74, 6) is 0.893. The van der Waals surface area contributed by atoms with Crippen LogP contribution in [-0.4, -0.2) is 48.3 Å². The molecule has 8 nitrogen and oxygen atoms in total. The highest BCUT2D eigenvalue weighted by molar-refractivity contribution is 7.90. The number of hydrogen-bond donors (Lipinski definition) is 2. The quantitative estimate of drug-likeness (QED) is 0.253. The van der Waals surface area contributed by atoms with Gasteiger partial charge in [0.05, 0.1) is 22.8 Å². The number of anilines is 1. The molecule has 3 aliphatic rings. The smallest absolute Gasteiger partial charge is 0.228 e. The van der Waals surface area contributed by atoms with Gasteiger partial charge in [-0.05, 0) is 98.2 Å². The third kappa shape index (κ3) is 5.45. The standard InChI is InChI=1S/C32H34FN5O3S/c1-20-6-7-23-24(8-9-27(33)26(23)19-42(39,40)18-21-16-32(21)11-12-32)29(20)41-30-25(5-3-14-35-30)28-10-15-36-31(38-28)37-22-4-2-13-34-17-22/h3,5-10,14-15,21-22,34H,2,4,11-13,16-19H2,1H3,(H,36,37,38)/t21-,22+/m1/s1. The molecule has 4 aromatic rings. The van der Waals surface area contributed by atoms with Crippen LogP contribution in [0.5, 0.6) is 11.6 Å². The number of halogens is 1. The number of piperidine rings is 1. The van der Waals surface area contributed by atoms with Crippen molar-refractivity contribution in [1.82, 2.24) is 20.3 Å². The summed E-state index contributed by atoms with van der Waals surface area (Å²) in [5.41, 5.74) is 2.63. The van der Waals surface area contributed by atoms with Gasteiger partial charge >= 0.3 is 0 Å². The van der Waals surface area contributed by atoms with E-state index >= 15 is 4.39 Å². The molecule has 2 aliphatic carbocycles. The lowest BCUT2D eigenvalue weighted by atomic mass is 10.0. The van der Waals surface area contributed by atoms with Crippen molar-refractivity contribution in [1.29, 1.82) is 0 Å².